The van der Waals surface area contributed by atoms with Crippen molar-refractivity contribution in [2.75, 3.05) is 0 Å². The van der Waals surface area contributed by atoms with Crippen LogP contribution in [0.3, 0.4) is 0 Å². The van der Waals surface area contributed by atoms with E-state index in [0.29, 0.717) is 6.42 Å². The van der Waals surface area contributed by atoms with Gasteiger partial charge in [-0.15, -0.1) is 11.6 Å². The Morgan fingerprint density at radius 2 is 2.00 bits per heavy atom. The second-order valence-electron chi connectivity index (χ2n) is 3.66. The van der Waals surface area contributed by atoms with E-state index in [4.69, 9.17) is 11.6 Å². The minimum atomic E-state index is -0.624. The number of hydrogen-bond acceptors (Lipinski definition) is 1. The molecule has 0 amide bonds. The third kappa shape index (κ3) is 3.01. The summed E-state index contributed by atoms with van der Waals surface area (Å²) < 4.78 is 26.5. The van der Waals surface area contributed by atoms with Gasteiger partial charge in [0.25, 0.3) is 0 Å². The third-order valence-electron chi connectivity index (χ3n) is 2.41. The molecule has 0 saturated carbocycles. The van der Waals surface area contributed by atoms with Crippen LogP contribution in [0.5, 0.6) is 0 Å². The zero-order chi connectivity index (χ0) is 12.3. The average Bonchev–Trinajstić information content (AvgIpc) is 2.33. The predicted octanol–water partition coefficient (Wildman–Crippen LogP) is 3.88. The summed E-state index contributed by atoms with van der Waals surface area (Å²) in [6, 6.07) is 8.69. The Balaban J connectivity index is 2.20. The molecule has 0 aliphatic rings. The molecule has 4 heteroatoms. The smallest absolute Gasteiger partial charge is 0.128 e. The summed E-state index contributed by atoms with van der Waals surface area (Å²) in [5.41, 5.74) is 0.911. The van der Waals surface area contributed by atoms with Crippen LogP contribution >= 0.6 is 11.6 Å². The molecular weight excluding hydrogens is 244 g/mol. The molecule has 0 saturated heterocycles. The van der Waals surface area contributed by atoms with Gasteiger partial charge in [0.2, 0.25) is 0 Å². The summed E-state index contributed by atoms with van der Waals surface area (Å²) in [4.78, 5) is 4.10. The molecule has 88 valence electrons. The van der Waals surface area contributed by atoms with E-state index >= 15 is 0 Å². The molecule has 0 radical (unpaired) electrons. The van der Waals surface area contributed by atoms with Gasteiger partial charge >= 0.3 is 0 Å². The number of alkyl halides is 1. The molecule has 0 N–H and O–H groups in total. The lowest BCUT2D eigenvalue weighted by Crippen LogP contribution is -2.01. The quantitative estimate of drug-likeness (QED) is 0.757. The fourth-order valence-electron chi connectivity index (χ4n) is 1.57. The van der Waals surface area contributed by atoms with Crippen molar-refractivity contribution in [2.24, 2.45) is 0 Å². The summed E-state index contributed by atoms with van der Waals surface area (Å²) in [5, 5.41) is -0.624. The number of nitrogens with zero attached hydrogens (tertiary/aromatic N) is 1. The van der Waals surface area contributed by atoms with Crippen LogP contribution in [-0.2, 0) is 6.42 Å². The summed E-state index contributed by atoms with van der Waals surface area (Å²) in [7, 11) is 0. The summed E-state index contributed by atoms with van der Waals surface area (Å²) >= 11 is 6.07. The maximum Gasteiger partial charge on any atom is 0.128 e. The Labute approximate surface area is 103 Å². The molecule has 1 atom stereocenters. The number of rotatable bonds is 3. The van der Waals surface area contributed by atoms with E-state index in [1.165, 1.54) is 0 Å². The summed E-state index contributed by atoms with van der Waals surface area (Å²) in [5.74, 6) is -0.990. The van der Waals surface area contributed by atoms with Crippen molar-refractivity contribution in [3.63, 3.8) is 0 Å². The van der Waals surface area contributed by atoms with Crippen molar-refractivity contribution in [3.05, 3.63) is 65.5 Å². The van der Waals surface area contributed by atoms with Crippen LogP contribution in [0, 0.1) is 11.6 Å². The van der Waals surface area contributed by atoms with Gasteiger partial charge in [-0.05, 0) is 30.3 Å². The first kappa shape index (κ1) is 12.0. The molecule has 0 aliphatic carbocycles. The molecule has 0 bridgehead atoms. The van der Waals surface area contributed by atoms with Crippen molar-refractivity contribution in [1.29, 1.82) is 0 Å². The van der Waals surface area contributed by atoms with Crippen molar-refractivity contribution in [3.8, 4) is 0 Å². The Morgan fingerprint density at radius 3 is 2.71 bits per heavy atom. The number of benzene rings is 1. The fraction of sp³-hybridized carbons (Fsp3) is 0.154. The highest BCUT2D eigenvalue weighted by molar-refractivity contribution is 6.20. The van der Waals surface area contributed by atoms with Crippen molar-refractivity contribution >= 4 is 11.6 Å². The van der Waals surface area contributed by atoms with Gasteiger partial charge in [0.1, 0.15) is 11.6 Å². The van der Waals surface area contributed by atoms with Crippen LogP contribution in [-0.4, -0.2) is 4.98 Å². The molecule has 2 rings (SSSR count). The number of halogens is 3. The predicted molar refractivity (Wildman–Crippen MR) is 62.9 cm³/mol. The Morgan fingerprint density at radius 1 is 1.18 bits per heavy atom. The van der Waals surface area contributed by atoms with Crippen molar-refractivity contribution < 1.29 is 8.78 Å². The van der Waals surface area contributed by atoms with Gasteiger partial charge in [0.05, 0.1) is 5.38 Å². The molecule has 1 aromatic heterocycles. The second-order valence-corrected chi connectivity index (χ2v) is 4.19. The van der Waals surface area contributed by atoms with Crippen LogP contribution in [0.2, 0.25) is 0 Å². The number of pyridine rings is 1. The van der Waals surface area contributed by atoms with Gasteiger partial charge < -0.3 is 0 Å². The lowest BCUT2D eigenvalue weighted by Gasteiger charge is -2.10. The first-order valence-electron chi connectivity index (χ1n) is 5.16. The standard InChI is InChI=1S/C13H10ClF2N/c14-12(8-10-3-1-2-6-17-10)11-7-9(15)4-5-13(11)16/h1-7,12H,8H2. The lowest BCUT2D eigenvalue weighted by molar-refractivity contribution is 0.581. The zero-order valence-corrected chi connectivity index (χ0v) is 9.66. The molecule has 0 fully saturated rings. The highest BCUT2D eigenvalue weighted by Crippen LogP contribution is 2.27. The van der Waals surface area contributed by atoms with E-state index in [0.717, 1.165) is 23.9 Å². The highest BCUT2D eigenvalue weighted by Gasteiger charge is 2.15. The van der Waals surface area contributed by atoms with Gasteiger partial charge in [-0.25, -0.2) is 8.78 Å². The van der Waals surface area contributed by atoms with E-state index in [1.54, 1.807) is 18.3 Å². The molecule has 17 heavy (non-hydrogen) atoms. The highest BCUT2D eigenvalue weighted by atomic mass is 35.5. The fourth-order valence-corrected chi connectivity index (χ4v) is 1.89. The third-order valence-corrected chi connectivity index (χ3v) is 2.80. The van der Waals surface area contributed by atoms with Gasteiger partial charge in [0, 0.05) is 23.9 Å². The summed E-state index contributed by atoms with van der Waals surface area (Å²) in [6.07, 6.45) is 2.00. The van der Waals surface area contributed by atoms with E-state index in [1.807, 2.05) is 6.07 Å². The van der Waals surface area contributed by atoms with Crippen molar-refractivity contribution in [2.45, 2.75) is 11.8 Å². The largest absolute Gasteiger partial charge is 0.261 e. The molecule has 1 heterocycles. The minimum absolute atomic E-state index is 0.164. The van der Waals surface area contributed by atoms with Crippen LogP contribution in [0.1, 0.15) is 16.6 Å². The van der Waals surface area contributed by atoms with E-state index in [-0.39, 0.29) is 5.56 Å². The van der Waals surface area contributed by atoms with E-state index < -0.39 is 17.0 Å². The first-order valence-corrected chi connectivity index (χ1v) is 5.59. The van der Waals surface area contributed by atoms with E-state index in [9.17, 15) is 8.78 Å². The number of aromatic nitrogens is 1. The van der Waals surface area contributed by atoms with Gasteiger partial charge in [0.15, 0.2) is 0 Å². The Kier molecular flexibility index (Phi) is 3.69. The van der Waals surface area contributed by atoms with Crippen LogP contribution < -0.4 is 0 Å². The molecule has 1 nitrogen and oxygen atoms in total. The molecule has 1 aromatic carbocycles. The Bertz CT molecular complexity index is 502. The minimum Gasteiger partial charge on any atom is -0.261 e. The zero-order valence-electron chi connectivity index (χ0n) is 8.91. The first-order chi connectivity index (χ1) is 8.16. The molecule has 2 aromatic rings. The molecule has 1 unspecified atom stereocenters. The topological polar surface area (TPSA) is 12.9 Å². The SMILES string of the molecule is Fc1ccc(F)c(C(Cl)Cc2ccccn2)c1. The van der Waals surface area contributed by atoms with Crippen LogP contribution in [0.25, 0.3) is 0 Å². The molecule has 0 aliphatic heterocycles. The average molecular weight is 254 g/mol. The lowest BCUT2D eigenvalue weighted by atomic mass is 10.1. The number of hydrogen-bond donors (Lipinski definition) is 0. The van der Waals surface area contributed by atoms with Gasteiger partial charge in [-0.3, -0.25) is 4.98 Å². The van der Waals surface area contributed by atoms with Crippen LogP contribution in [0.4, 0.5) is 8.78 Å². The van der Waals surface area contributed by atoms with Crippen molar-refractivity contribution in [1.82, 2.24) is 4.98 Å². The molecular formula is C13H10ClF2N. The maximum absolute atomic E-state index is 13.5. The molecule has 0 spiro atoms. The Hall–Kier alpha value is -1.48. The normalized spacial score (nSPS) is 12.4. The van der Waals surface area contributed by atoms with Gasteiger partial charge in [-0.2, -0.15) is 0 Å². The van der Waals surface area contributed by atoms with Gasteiger partial charge in [-0.1, -0.05) is 6.07 Å². The monoisotopic (exact) mass is 253 g/mol. The summed E-state index contributed by atoms with van der Waals surface area (Å²) in [6.45, 7) is 0. The van der Waals surface area contributed by atoms with E-state index in [2.05, 4.69) is 4.98 Å². The van der Waals surface area contributed by atoms with Crippen LogP contribution in [0.15, 0.2) is 42.6 Å². The maximum atomic E-state index is 13.5. The second kappa shape index (κ2) is 5.23.